The highest BCUT2D eigenvalue weighted by Crippen LogP contribution is 2.32. The van der Waals surface area contributed by atoms with Gasteiger partial charge in [0, 0.05) is 10.0 Å². The molecule has 4 nitrogen and oxygen atoms in total. The summed E-state index contributed by atoms with van der Waals surface area (Å²) in [5.41, 5.74) is 2.70. The third kappa shape index (κ3) is 2.74. The Balaban J connectivity index is 2.05. The molecule has 2 heterocycles. The number of hydrogen-bond donors (Lipinski definition) is 2. The molecule has 1 atom stereocenters. The van der Waals surface area contributed by atoms with Crippen molar-refractivity contribution in [3.63, 3.8) is 0 Å². The second kappa shape index (κ2) is 5.63. The Morgan fingerprint density at radius 1 is 1.38 bits per heavy atom. The van der Waals surface area contributed by atoms with Crippen LogP contribution in [0, 0.1) is 11.3 Å². The van der Waals surface area contributed by atoms with E-state index in [2.05, 4.69) is 39.2 Å². The lowest BCUT2D eigenvalue weighted by molar-refractivity contribution is 0.410. The van der Waals surface area contributed by atoms with Gasteiger partial charge < -0.3 is 10.3 Å². The van der Waals surface area contributed by atoms with E-state index in [1.54, 1.807) is 0 Å². The van der Waals surface area contributed by atoms with Gasteiger partial charge in [-0.1, -0.05) is 28.1 Å². The van der Waals surface area contributed by atoms with Crippen molar-refractivity contribution in [1.29, 1.82) is 5.26 Å². The molecule has 5 heteroatoms. The number of aromatic nitrogens is 2. The molecule has 0 aliphatic carbocycles. The van der Waals surface area contributed by atoms with Gasteiger partial charge in [0.25, 0.3) is 0 Å². The molecular weight excluding hydrogens is 328 g/mol. The molecule has 0 amide bonds. The summed E-state index contributed by atoms with van der Waals surface area (Å²) in [7, 11) is 0. The normalized spacial score (nSPS) is 21.4. The quantitative estimate of drug-likeness (QED) is 0.895. The molecule has 0 spiro atoms. The number of nitrogens with one attached hydrogen (secondary N) is 2. The summed E-state index contributed by atoms with van der Waals surface area (Å²) >= 11 is 3.44. The molecule has 1 aliphatic rings. The van der Waals surface area contributed by atoms with Gasteiger partial charge in [-0.3, -0.25) is 0 Å². The Bertz CT molecular complexity index is 675. The lowest BCUT2D eigenvalue weighted by Gasteiger charge is -2.21. The first-order valence-electron chi connectivity index (χ1n) is 7.10. The van der Waals surface area contributed by atoms with E-state index in [1.807, 2.05) is 24.3 Å². The Morgan fingerprint density at radius 3 is 2.76 bits per heavy atom. The SMILES string of the molecule is CC1(c2nc(-c3ccc(Br)cc3)c(CC#N)[nH]2)CCCN1. The highest BCUT2D eigenvalue weighted by atomic mass is 79.9. The molecule has 1 aromatic carbocycles. The Kier molecular flexibility index (Phi) is 3.83. The maximum atomic E-state index is 9.05. The van der Waals surface area contributed by atoms with E-state index in [0.717, 1.165) is 46.6 Å². The summed E-state index contributed by atoms with van der Waals surface area (Å²) in [5.74, 6) is 0.933. The van der Waals surface area contributed by atoms with Crippen LogP contribution >= 0.6 is 15.9 Å². The maximum absolute atomic E-state index is 9.05. The highest BCUT2D eigenvalue weighted by Gasteiger charge is 2.33. The standard InChI is InChI=1S/C16H17BrN4/c1-16(8-2-10-19-16)15-20-13(7-9-18)14(21-15)11-3-5-12(17)6-4-11/h3-6,19H,2,7-8,10H2,1H3,(H,20,21). The topological polar surface area (TPSA) is 64.5 Å². The monoisotopic (exact) mass is 344 g/mol. The summed E-state index contributed by atoms with van der Waals surface area (Å²) in [4.78, 5) is 8.17. The lowest BCUT2D eigenvalue weighted by Crippen LogP contribution is -2.34. The van der Waals surface area contributed by atoms with Gasteiger partial charge >= 0.3 is 0 Å². The van der Waals surface area contributed by atoms with Gasteiger partial charge in [0.15, 0.2) is 0 Å². The largest absolute Gasteiger partial charge is 0.343 e. The van der Waals surface area contributed by atoms with E-state index in [1.165, 1.54) is 0 Å². The number of aromatic amines is 1. The third-order valence-corrected chi connectivity index (χ3v) is 4.57. The summed E-state index contributed by atoms with van der Waals surface area (Å²) in [5, 5.41) is 12.6. The van der Waals surface area contributed by atoms with E-state index in [4.69, 9.17) is 10.2 Å². The van der Waals surface area contributed by atoms with Gasteiger partial charge in [0.05, 0.1) is 29.4 Å². The van der Waals surface area contributed by atoms with Gasteiger partial charge in [-0.25, -0.2) is 4.98 Å². The zero-order valence-electron chi connectivity index (χ0n) is 11.9. The summed E-state index contributed by atoms with van der Waals surface area (Å²) in [6.07, 6.45) is 2.55. The van der Waals surface area contributed by atoms with Gasteiger partial charge in [0.2, 0.25) is 0 Å². The fraction of sp³-hybridized carbons (Fsp3) is 0.375. The first-order chi connectivity index (χ1) is 10.1. The minimum atomic E-state index is -0.113. The Labute approximate surface area is 132 Å². The molecule has 3 rings (SSSR count). The van der Waals surface area contributed by atoms with Crippen molar-refractivity contribution in [1.82, 2.24) is 15.3 Å². The molecule has 21 heavy (non-hydrogen) atoms. The average molecular weight is 345 g/mol. The molecule has 2 aromatic rings. The number of nitriles is 1. The number of rotatable bonds is 3. The van der Waals surface area contributed by atoms with Crippen LogP contribution in [0.4, 0.5) is 0 Å². The van der Waals surface area contributed by atoms with Crippen molar-refractivity contribution >= 4 is 15.9 Å². The van der Waals surface area contributed by atoms with Crippen molar-refractivity contribution in [2.45, 2.75) is 31.7 Å². The van der Waals surface area contributed by atoms with Crippen LogP contribution in [0.2, 0.25) is 0 Å². The van der Waals surface area contributed by atoms with Crippen LogP contribution in [-0.4, -0.2) is 16.5 Å². The molecule has 1 aromatic heterocycles. The van der Waals surface area contributed by atoms with E-state index in [9.17, 15) is 0 Å². The summed E-state index contributed by atoms with van der Waals surface area (Å²) in [6, 6.07) is 10.3. The van der Waals surface area contributed by atoms with Crippen LogP contribution in [-0.2, 0) is 12.0 Å². The second-order valence-electron chi connectivity index (χ2n) is 5.62. The molecule has 2 N–H and O–H groups in total. The van der Waals surface area contributed by atoms with Crippen molar-refractivity contribution < 1.29 is 0 Å². The van der Waals surface area contributed by atoms with E-state index < -0.39 is 0 Å². The second-order valence-corrected chi connectivity index (χ2v) is 6.53. The smallest absolute Gasteiger partial charge is 0.127 e. The van der Waals surface area contributed by atoms with Crippen LogP contribution in [0.1, 0.15) is 31.3 Å². The van der Waals surface area contributed by atoms with Crippen molar-refractivity contribution in [2.24, 2.45) is 0 Å². The first kappa shape index (κ1) is 14.3. The number of H-pyrrole nitrogens is 1. The van der Waals surface area contributed by atoms with Crippen LogP contribution in [0.25, 0.3) is 11.3 Å². The molecule has 1 fully saturated rings. The third-order valence-electron chi connectivity index (χ3n) is 4.04. The average Bonchev–Trinajstić information content (AvgIpc) is 3.08. The zero-order chi connectivity index (χ0) is 14.9. The fourth-order valence-electron chi connectivity index (χ4n) is 2.82. The lowest BCUT2D eigenvalue weighted by atomic mass is 10.00. The summed E-state index contributed by atoms with van der Waals surface area (Å²) in [6.45, 7) is 3.18. The molecule has 0 bridgehead atoms. The van der Waals surface area contributed by atoms with Gasteiger partial charge in [-0.15, -0.1) is 0 Å². The predicted molar refractivity (Wildman–Crippen MR) is 85.6 cm³/mol. The van der Waals surface area contributed by atoms with Crippen LogP contribution < -0.4 is 5.32 Å². The maximum Gasteiger partial charge on any atom is 0.127 e. The first-order valence-corrected chi connectivity index (χ1v) is 7.89. The van der Waals surface area contributed by atoms with E-state index in [0.29, 0.717) is 6.42 Å². The van der Waals surface area contributed by atoms with Crippen molar-refractivity contribution in [3.05, 3.63) is 40.3 Å². The molecule has 0 radical (unpaired) electrons. The predicted octanol–water partition coefficient (Wildman–Crippen LogP) is 3.50. The Hall–Kier alpha value is -1.64. The number of halogens is 1. The van der Waals surface area contributed by atoms with Crippen LogP contribution in [0.15, 0.2) is 28.7 Å². The molecule has 1 aliphatic heterocycles. The number of hydrogen-bond acceptors (Lipinski definition) is 3. The number of imidazole rings is 1. The molecule has 108 valence electrons. The van der Waals surface area contributed by atoms with Gasteiger partial charge in [0.1, 0.15) is 5.82 Å². The van der Waals surface area contributed by atoms with Crippen LogP contribution in [0.3, 0.4) is 0 Å². The van der Waals surface area contributed by atoms with E-state index >= 15 is 0 Å². The Morgan fingerprint density at radius 2 is 2.14 bits per heavy atom. The van der Waals surface area contributed by atoms with E-state index in [-0.39, 0.29) is 5.54 Å². The van der Waals surface area contributed by atoms with Crippen LogP contribution in [0.5, 0.6) is 0 Å². The van der Waals surface area contributed by atoms with Gasteiger partial charge in [-0.05, 0) is 38.4 Å². The van der Waals surface area contributed by atoms with Crippen molar-refractivity contribution in [3.8, 4) is 17.3 Å². The van der Waals surface area contributed by atoms with Gasteiger partial charge in [-0.2, -0.15) is 5.26 Å². The minimum Gasteiger partial charge on any atom is -0.343 e. The highest BCUT2D eigenvalue weighted by molar-refractivity contribution is 9.10. The number of nitrogens with zero attached hydrogens (tertiary/aromatic N) is 2. The summed E-state index contributed by atoms with van der Waals surface area (Å²) < 4.78 is 1.04. The molecular formula is C16H17BrN4. The molecule has 1 unspecified atom stereocenters. The number of benzene rings is 1. The van der Waals surface area contributed by atoms with Crippen molar-refractivity contribution in [2.75, 3.05) is 6.54 Å². The fourth-order valence-corrected chi connectivity index (χ4v) is 3.09. The molecule has 0 saturated carbocycles. The molecule has 1 saturated heterocycles. The zero-order valence-corrected chi connectivity index (χ0v) is 13.5. The minimum absolute atomic E-state index is 0.113.